The molecule has 0 spiro atoms. The maximum absolute atomic E-state index is 10.3. The molecule has 0 unspecified atom stereocenters. The third kappa shape index (κ3) is 3.12. The Labute approximate surface area is 108 Å². The largest absolute Gasteiger partial charge is 0.481 e. The van der Waals surface area contributed by atoms with Crippen molar-refractivity contribution in [2.75, 3.05) is 6.61 Å². The number of carboxylic acid groups (broad SMARTS) is 1. The van der Waals surface area contributed by atoms with E-state index < -0.39 is 5.97 Å². The fraction of sp³-hybridized carbons (Fsp3) is 0.786. The van der Waals surface area contributed by atoms with Gasteiger partial charge < -0.3 is 14.9 Å². The first-order valence-electron chi connectivity index (χ1n) is 6.85. The number of carboxylic acids is 1. The minimum absolute atomic E-state index is 0.221. The first-order chi connectivity index (χ1) is 8.72. The molecule has 4 nitrogen and oxygen atoms in total. The smallest absolute Gasteiger partial charge is 0.303 e. The molecule has 2 rings (SSSR count). The molecule has 2 N–H and O–H groups in total. The quantitative estimate of drug-likeness (QED) is 0.538. The average molecular weight is 254 g/mol. The van der Waals surface area contributed by atoms with Crippen molar-refractivity contribution in [3.63, 3.8) is 0 Å². The molecule has 0 aromatic carbocycles. The number of unbranched alkanes of at least 4 members (excludes halogenated alkanes) is 1. The lowest BCUT2D eigenvalue weighted by molar-refractivity contribution is -0.137. The van der Waals surface area contributed by atoms with E-state index in [-0.39, 0.29) is 19.1 Å². The number of hydrogen-bond donors (Lipinski definition) is 2. The van der Waals surface area contributed by atoms with Gasteiger partial charge in [0.2, 0.25) is 0 Å². The zero-order chi connectivity index (χ0) is 13.0. The third-order valence-electron chi connectivity index (χ3n) is 4.14. The van der Waals surface area contributed by atoms with Gasteiger partial charge in [-0.05, 0) is 38.0 Å². The van der Waals surface area contributed by atoms with Gasteiger partial charge in [-0.25, -0.2) is 0 Å². The number of aliphatic hydroxyl groups excluding tert-OH is 1. The SMILES string of the molecule is O=C(O)CCCC=CC[C@@H]1[C@H](CO)[C@H]2CC[C@@H]1O2. The van der Waals surface area contributed by atoms with Crippen LogP contribution in [0, 0.1) is 11.8 Å². The highest BCUT2D eigenvalue weighted by Crippen LogP contribution is 2.44. The Morgan fingerprint density at radius 3 is 2.61 bits per heavy atom. The zero-order valence-electron chi connectivity index (χ0n) is 10.6. The van der Waals surface area contributed by atoms with Gasteiger partial charge in [-0.15, -0.1) is 0 Å². The van der Waals surface area contributed by atoms with Crippen molar-refractivity contribution >= 4 is 5.97 Å². The topological polar surface area (TPSA) is 66.8 Å². The van der Waals surface area contributed by atoms with E-state index in [0.29, 0.717) is 24.4 Å². The zero-order valence-corrected chi connectivity index (χ0v) is 10.6. The van der Waals surface area contributed by atoms with E-state index in [9.17, 15) is 9.90 Å². The van der Waals surface area contributed by atoms with Crippen LogP contribution in [0.2, 0.25) is 0 Å². The van der Waals surface area contributed by atoms with Gasteiger partial charge >= 0.3 is 5.97 Å². The predicted octanol–water partition coefficient (Wildman–Crippen LogP) is 1.97. The highest BCUT2D eigenvalue weighted by atomic mass is 16.5. The molecule has 4 heteroatoms. The van der Waals surface area contributed by atoms with Crippen molar-refractivity contribution in [2.24, 2.45) is 11.8 Å². The summed E-state index contributed by atoms with van der Waals surface area (Å²) in [5.41, 5.74) is 0. The lowest BCUT2D eigenvalue weighted by atomic mass is 9.78. The predicted molar refractivity (Wildman–Crippen MR) is 67.2 cm³/mol. The van der Waals surface area contributed by atoms with Crippen molar-refractivity contribution in [3.8, 4) is 0 Å². The minimum Gasteiger partial charge on any atom is -0.481 e. The lowest BCUT2D eigenvalue weighted by Crippen LogP contribution is -2.29. The van der Waals surface area contributed by atoms with Crippen LogP contribution in [-0.2, 0) is 9.53 Å². The summed E-state index contributed by atoms with van der Waals surface area (Å²) in [5.74, 6) is 0.0159. The minimum atomic E-state index is -0.731. The highest BCUT2D eigenvalue weighted by Gasteiger charge is 2.47. The molecule has 2 bridgehead atoms. The summed E-state index contributed by atoms with van der Waals surface area (Å²) in [6.07, 6.45) is 9.69. The van der Waals surface area contributed by atoms with E-state index in [0.717, 1.165) is 25.7 Å². The van der Waals surface area contributed by atoms with Crippen LogP contribution in [0.5, 0.6) is 0 Å². The molecule has 18 heavy (non-hydrogen) atoms. The van der Waals surface area contributed by atoms with Crippen LogP contribution < -0.4 is 0 Å². The summed E-state index contributed by atoms with van der Waals surface area (Å²) < 4.78 is 5.83. The summed E-state index contributed by atoms with van der Waals surface area (Å²) >= 11 is 0. The van der Waals surface area contributed by atoms with Gasteiger partial charge in [0.15, 0.2) is 0 Å². The summed E-state index contributed by atoms with van der Waals surface area (Å²) in [7, 11) is 0. The van der Waals surface area contributed by atoms with E-state index in [1.165, 1.54) is 0 Å². The number of carbonyl (C=O) groups is 1. The second kappa shape index (κ2) is 6.34. The van der Waals surface area contributed by atoms with Gasteiger partial charge in [0.05, 0.1) is 12.2 Å². The molecule has 0 amide bonds. The van der Waals surface area contributed by atoms with Crippen LogP contribution in [0.4, 0.5) is 0 Å². The molecular formula is C14H22O4. The maximum atomic E-state index is 10.3. The van der Waals surface area contributed by atoms with Crippen LogP contribution in [0.15, 0.2) is 12.2 Å². The van der Waals surface area contributed by atoms with Gasteiger partial charge in [-0.1, -0.05) is 12.2 Å². The van der Waals surface area contributed by atoms with Crippen LogP contribution in [-0.4, -0.2) is 35.0 Å². The Hall–Kier alpha value is -0.870. The highest BCUT2D eigenvalue weighted by molar-refractivity contribution is 5.66. The third-order valence-corrected chi connectivity index (χ3v) is 4.14. The molecule has 2 heterocycles. The molecule has 0 radical (unpaired) electrons. The van der Waals surface area contributed by atoms with Gasteiger partial charge in [0.25, 0.3) is 0 Å². The van der Waals surface area contributed by atoms with E-state index >= 15 is 0 Å². The molecule has 2 saturated heterocycles. The van der Waals surface area contributed by atoms with Crippen LogP contribution in [0.3, 0.4) is 0 Å². The second-order valence-corrected chi connectivity index (χ2v) is 5.29. The van der Waals surface area contributed by atoms with Gasteiger partial charge in [-0.3, -0.25) is 4.79 Å². The maximum Gasteiger partial charge on any atom is 0.303 e. The van der Waals surface area contributed by atoms with Gasteiger partial charge in [0.1, 0.15) is 0 Å². The van der Waals surface area contributed by atoms with E-state index in [1.807, 2.05) is 0 Å². The van der Waals surface area contributed by atoms with E-state index in [4.69, 9.17) is 9.84 Å². The molecule has 0 aliphatic carbocycles. The van der Waals surface area contributed by atoms with Crippen LogP contribution in [0.1, 0.15) is 38.5 Å². The van der Waals surface area contributed by atoms with Crippen LogP contribution >= 0.6 is 0 Å². The molecule has 2 aliphatic heterocycles. The molecule has 4 atom stereocenters. The van der Waals surface area contributed by atoms with Crippen molar-refractivity contribution in [3.05, 3.63) is 12.2 Å². The second-order valence-electron chi connectivity index (χ2n) is 5.29. The average Bonchev–Trinajstić information content (AvgIpc) is 2.93. The summed E-state index contributed by atoms with van der Waals surface area (Å²) in [5, 5.41) is 17.9. The fourth-order valence-corrected chi connectivity index (χ4v) is 3.19. The van der Waals surface area contributed by atoms with Crippen molar-refractivity contribution in [1.29, 1.82) is 0 Å². The Bertz CT molecular complexity index is 313. The number of aliphatic carboxylic acids is 1. The number of hydrogen-bond acceptors (Lipinski definition) is 3. The molecule has 0 aromatic rings. The van der Waals surface area contributed by atoms with Crippen molar-refractivity contribution in [1.82, 2.24) is 0 Å². The Balaban J connectivity index is 1.69. The van der Waals surface area contributed by atoms with Gasteiger partial charge in [-0.2, -0.15) is 0 Å². The Kier molecular flexibility index (Phi) is 4.78. The molecule has 102 valence electrons. The standard InChI is InChI=1S/C14H22O4/c15-9-11-10(12-7-8-13(11)18-12)5-3-1-2-4-6-14(16)17/h1,3,10-13,15H,2,4-9H2,(H,16,17)/t10-,11+,12+,13-/m1/s1. The first-order valence-corrected chi connectivity index (χ1v) is 6.85. The summed E-state index contributed by atoms with van der Waals surface area (Å²) in [6.45, 7) is 0.221. The van der Waals surface area contributed by atoms with E-state index in [1.54, 1.807) is 0 Å². The van der Waals surface area contributed by atoms with E-state index in [2.05, 4.69) is 12.2 Å². The first kappa shape index (κ1) is 13.6. The molecule has 2 fully saturated rings. The van der Waals surface area contributed by atoms with Crippen molar-refractivity contribution in [2.45, 2.75) is 50.7 Å². The normalized spacial score (nSPS) is 34.5. The monoisotopic (exact) mass is 254 g/mol. The lowest BCUT2D eigenvalue weighted by Gasteiger charge is -2.25. The Morgan fingerprint density at radius 1 is 1.22 bits per heavy atom. The fourth-order valence-electron chi connectivity index (χ4n) is 3.19. The van der Waals surface area contributed by atoms with Crippen LogP contribution in [0.25, 0.3) is 0 Å². The summed E-state index contributed by atoms with van der Waals surface area (Å²) in [6, 6.07) is 0. The molecule has 0 saturated carbocycles. The molecular weight excluding hydrogens is 232 g/mol. The Morgan fingerprint density at radius 2 is 1.94 bits per heavy atom. The molecule has 0 aromatic heterocycles. The number of fused-ring (bicyclic) bond motifs is 2. The number of ether oxygens (including phenoxy) is 1. The number of allylic oxidation sites excluding steroid dienone is 2. The number of rotatable bonds is 7. The van der Waals surface area contributed by atoms with Crippen molar-refractivity contribution < 1.29 is 19.7 Å². The van der Waals surface area contributed by atoms with Gasteiger partial charge in [0, 0.05) is 18.9 Å². The summed E-state index contributed by atoms with van der Waals surface area (Å²) in [4.78, 5) is 10.3. The molecule has 2 aliphatic rings. The number of aliphatic hydroxyl groups is 1.